The van der Waals surface area contributed by atoms with Crippen LogP contribution in [0.1, 0.15) is 58.4 Å². The van der Waals surface area contributed by atoms with Crippen molar-refractivity contribution in [3.63, 3.8) is 0 Å². The van der Waals surface area contributed by atoms with E-state index < -0.39 is 10.0 Å². The van der Waals surface area contributed by atoms with Crippen molar-refractivity contribution in [3.8, 4) is 27.4 Å². The number of aromatic nitrogens is 1. The molecule has 0 unspecified atom stereocenters. The van der Waals surface area contributed by atoms with Crippen LogP contribution in [0.15, 0.2) is 77.7 Å². The molecule has 3 aromatic carbocycles. The second-order valence-corrected chi connectivity index (χ2v) is 14.4. The molecule has 0 saturated carbocycles. The molecule has 4 bridgehead atoms. The molecule has 4 aromatic rings. The average Bonchev–Trinajstić information content (AvgIpc) is 3.35. The fourth-order valence-electron chi connectivity index (χ4n) is 4.89. The summed E-state index contributed by atoms with van der Waals surface area (Å²) in [7, 11) is -3.84. The Hall–Kier alpha value is -3.36. The highest BCUT2D eigenvalue weighted by molar-refractivity contribution is 7.93. The summed E-state index contributed by atoms with van der Waals surface area (Å²) in [6, 6.07) is 23.3. The first-order valence-corrected chi connectivity index (χ1v) is 16.7. The van der Waals surface area contributed by atoms with Gasteiger partial charge in [0.2, 0.25) is 0 Å². The van der Waals surface area contributed by atoms with Crippen LogP contribution >= 0.6 is 11.3 Å². The molecule has 0 radical (unpaired) electrons. The zero-order valence-corrected chi connectivity index (χ0v) is 25.7. The van der Waals surface area contributed by atoms with Crippen molar-refractivity contribution in [1.82, 2.24) is 4.98 Å². The van der Waals surface area contributed by atoms with Gasteiger partial charge in [0.1, 0.15) is 5.75 Å². The largest absolute Gasteiger partial charge is 0.494 e. The van der Waals surface area contributed by atoms with Crippen LogP contribution in [0.2, 0.25) is 0 Å². The molecule has 41 heavy (non-hydrogen) atoms. The Kier molecular flexibility index (Phi) is 9.00. The molecule has 1 aliphatic rings. The smallest absolute Gasteiger partial charge is 0.263 e. The zero-order chi connectivity index (χ0) is 28.9. The summed E-state index contributed by atoms with van der Waals surface area (Å²) in [5.74, 6) is 0.792. The topological polar surface area (TPSA) is 80.3 Å². The highest BCUT2D eigenvalue weighted by atomic mass is 32.2. The van der Waals surface area contributed by atoms with Gasteiger partial charge in [0.25, 0.3) is 10.0 Å². The number of ether oxygens (including phenoxy) is 1. The van der Waals surface area contributed by atoms with E-state index in [1.165, 1.54) is 16.9 Å². The van der Waals surface area contributed by atoms with E-state index in [-0.39, 0.29) is 10.3 Å². The first-order valence-electron chi connectivity index (χ1n) is 14.4. The lowest BCUT2D eigenvalue weighted by atomic mass is 9.93. The molecule has 6 nitrogen and oxygen atoms in total. The normalized spacial score (nSPS) is 15.6. The third-order valence-corrected chi connectivity index (χ3v) is 9.67. The van der Waals surface area contributed by atoms with Gasteiger partial charge in [-0.25, -0.2) is 13.4 Å². The van der Waals surface area contributed by atoms with Gasteiger partial charge in [-0.3, -0.25) is 4.72 Å². The molecule has 0 amide bonds. The van der Waals surface area contributed by atoms with E-state index in [1.54, 1.807) is 18.2 Å². The Morgan fingerprint density at radius 1 is 0.927 bits per heavy atom. The average molecular weight is 590 g/mol. The molecule has 0 fully saturated rings. The van der Waals surface area contributed by atoms with Gasteiger partial charge in [0.15, 0.2) is 5.13 Å². The van der Waals surface area contributed by atoms with Crippen molar-refractivity contribution in [2.75, 3.05) is 23.2 Å². The fraction of sp³-hybridized carbons (Fsp3) is 0.364. The maximum atomic E-state index is 13.5. The maximum absolute atomic E-state index is 13.5. The summed E-state index contributed by atoms with van der Waals surface area (Å²) in [6.45, 7) is 8.05. The Bertz CT molecular complexity index is 1590. The number of hydrogen-bond acceptors (Lipinski definition) is 6. The molecule has 1 aromatic heterocycles. The van der Waals surface area contributed by atoms with Gasteiger partial charge in [0.05, 0.1) is 22.1 Å². The second-order valence-electron chi connectivity index (χ2n) is 11.8. The lowest BCUT2D eigenvalue weighted by Crippen LogP contribution is -2.13. The number of nitrogens with one attached hydrogen (secondary N) is 2. The zero-order valence-electron chi connectivity index (χ0n) is 24.1. The minimum Gasteiger partial charge on any atom is -0.494 e. The number of hydrogen-bond donors (Lipinski definition) is 2. The van der Waals surface area contributed by atoms with Gasteiger partial charge < -0.3 is 10.1 Å². The predicted molar refractivity (Wildman–Crippen MR) is 170 cm³/mol. The number of sulfonamides is 1. The molecule has 216 valence electrons. The first-order chi connectivity index (χ1) is 19.7. The summed E-state index contributed by atoms with van der Waals surface area (Å²) in [5.41, 5.74) is 4.98. The van der Waals surface area contributed by atoms with Crippen LogP contribution in [0, 0.1) is 5.41 Å². The van der Waals surface area contributed by atoms with Gasteiger partial charge in [-0.05, 0) is 72.6 Å². The van der Waals surface area contributed by atoms with Crippen molar-refractivity contribution in [3.05, 3.63) is 78.4 Å². The number of nitrogens with zero attached hydrogens (tertiary/aromatic N) is 1. The molecule has 5 rings (SSSR count). The standard InChI is InChI=1S/C33H39N3O3S2/c1-33(2,3)19-21-39-27-16-10-14-25(22-27)31-30-29-18-8-7-13-24(29)12-6-4-5-9-20-34-26-15-11-17-28(23-26)41(37,38)36-32(35-30)40-31/h7-8,10-11,13-18,22-23,34H,4-6,9,12,19-21H2,1-3H3,(H,35,36). The summed E-state index contributed by atoms with van der Waals surface area (Å²) in [5, 5.41) is 3.71. The Labute approximate surface area is 248 Å². The Balaban J connectivity index is 1.56. The molecule has 2 heterocycles. The predicted octanol–water partition coefficient (Wildman–Crippen LogP) is 8.62. The maximum Gasteiger partial charge on any atom is 0.263 e. The van der Waals surface area contributed by atoms with Crippen molar-refractivity contribution in [1.29, 1.82) is 0 Å². The van der Waals surface area contributed by atoms with E-state index in [9.17, 15) is 8.42 Å². The molecule has 8 heteroatoms. The molecule has 0 aliphatic carbocycles. The van der Waals surface area contributed by atoms with Crippen molar-refractivity contribution in [2.24, 2.45) is 5.41 Å². The van der Waals surface area contributed by atoms with E-state index in [0.717, 1.165) is 78.2 Å². The molecule has 0 atom stereocenters. The minimum absolute atomic E-state index is 0.187. The molecule has 1 aliphatic heterocycles. The molecule has 0 spiro atoms. The SMILES string of the molecule is CC(C)(C)CCOc1cccc(-c2sc3nc2-c2ccccc2CCCCCCNc2cccc(c2)S(=O)(=O)N3)c1. The summed E-state index contributed by atoms with van der Waals surface area (Å²) in [6.07, 6.45) is 6.25. The van der Waals surface area contributed by atoms with Crippen molar-refractivity contribution in [2.45, 2.75) is 64.2 Å². The van der Waals surface area contributed by atoms with E-state index in [0.29, 0.717) is 11.7 Å². The monoisotopic (exact) mass is 589 g/mol. The van der Waals surface area contributed by atoms with Gasteiger partial charge in [0, 0.05) is 17.8 Å². The Morgan fingerprint density at radius 3 is 2.59 bits per heavy atom. The molecular formula is C33H39N3O3S2. The van der Waals surface area contributed by atoms with Crippen LogP contribution < -0.4 is 14.8 Å². The number of rotatable bonds is 4. The van der Waals surface area contributed by atoms with Crippen LogP contribution in [-0.4, -0.2) is 26.6 Å². The van der Waals surface area contributed by atoms with Crippen LogP contribution in [0.25, 0.3) is 21.7 Å². The third-order valence-electron chi connectivity index (χ3n) is 7.18. The second kappa shape index (κ2) is 12.7. The van der Waals surface area contributed by atoms with Crippen LogP contribution in [0.3, 0.4) is 0 Å². The van der Waals surface area contributed by atoms with E-state index in [4.69, 9.17) is 9.72 Å². The highest BCUT2D eigenvalue weighted by Crippen LogP contribution is 2.42. The number of aryl methyl sites for hydroxylation is 1. The molecule has 2 N–H and O–H groups in total. The van der Waals surface area contributed by atoms with Crippen LogP contribution in [0.5, 0.6) is 5.75 Å². The number of benzene rings is 3. The number of fused-ring (bicyclic) bond motifs is 6. The lowest BCUT2D eigenvalue weighted by Gasteiger charge is -2.18. The highest BCUT2D eigenvalue weighted by Gasteiger charge is 2.22. The minimum atomic E-state index is -3.84. The number of thiazole rings is 1. The van der Waals surface area contributed by atoms with Crippen LogP contribution in [0.4, 0.5) is 10.8 Å². The Morgan fingerprint density at radius 2 is 1.73 bits per heavy atom. The molecule has 0 saturated heterocycles. The first kappa shape index (κ1) is 29.1. The van der Waals surface area contributed by atoms with Gasteiger partial charge in [-0.1, -0.05) is 87.4 Å². The lowest BCUT2D eigenvalue weighted by molar-refractivity contribution is 0.243. The summed E-state index contributed by atoms with van der Waals surface area (Å²) >= 11 is 1.35. The van der Waals surface area contributed by atoms with Gasteiger partial charge in [-0.2, -0.15) is 0 Å². The number of anilines is 2. The summed E-state index contributed by atoms with van der Waals surface area (Å²) in [4.78, 5) is 6.03. The summed E-state index contributed by atoms with van der Waals surface area (Å²) < 4.78 is 35.8. The van der Waals surface area contributed by atoms with Crippen molar-refractivity contribution >= 4 is 32.2 Å². The van der Waals surface area contributed by atoms with E-state index in [1.807, 2.05) is 36.4 Å². The molecular weight excluding hydrogens is 551 g/mol. The fourth-order valence-corrected chi connectivity index (χ4v) is 7.14. The van der Waals surface area contributed by atoms with Gasteiger partial charge >= 0.3 is 0 Å². The van der Waals surface area contributed by atoms with E-state index in [2.05, 4.69) is 49.0 Å². The van der Waals surface area contributed by atoms with E-state index >= 15 is 0 Å². The van der Waals surface area contributed by atoms with Crippen molar-refractivity contribution < 1.29 is 13.2 Å². The quantitative estimate of drug-likeness (QED) is 0.249. The van der Waals surface area contributed by atoms with Crippen LogP contribution in [-0.2, 0) is 16.4 Å². The third kappa shape index (κ3) is 7.68. The van der Waals surface area contributed by atoms with Gasteiger partial charge in [-0.15, -0.1) is 0 Å².